The van der Waals surface area contributed by atoms with Gasteiger partial charge in [-0.3, -0.25) is 9.78 Å². The van der Waals surface area contributed by atoms with Gasteiger partial charge in [0.25, 0.3) is 0 Å². The Morgan fingerprint density at radius 1 is 1.13 bits per heavy atom. The van der Waals surface area contributed by atoms with Gasteiger partial charge in [-0.25, -0.2) is 8.42 Å². The third-order valence-electron chi connectivity index (χ3n) is 5.28. The maximum atomic E-state index is 13.1. The van der Waals surface area contributed by atoms with Crippen LogP contribution in [0.2, 0.25) is 0 Å². The fourth-order valence-corrected chi connectivity index (χ4v) is 5.49. The molecule has 2 heterocycles. The largest absolute Gasteiger partial charge is 0.492 e. The van der Waals surface area contributed by atoms with Gasteiger partial charge in [-0.15, -0.1) is 0 Å². The summed E-state index contributed by atoms with van der Waals surface area (Å²) in [6, 6.07) is 14.3. The minimum absolute atomic E-state index is 0.0841. The molecule has 8 heteroatoms. The third-order valence-corrected chi connectivity index (χ3v) is 7.20. The standard InChI is InChI=1S/C23H25N3O4S/c1-2-30-20-11-10-19(16-21(20)31(28,29)26-13-3-4-14-26)25-22(27)15-18-8-5-7-17-9-6-12-24-23(17)18/h5-12,16H,2-4,13-15H2,1H3,(H,25,27). The Labute approximate surface area is 182 Å². The van der Waals surface area contributed by atoms with Crippen LogP contribution >= 0.6 is 0 Å². The molecule has 1 aliphatic rings. The Morgan fingerprint density at radius 2 is 1.90 bits per heavy atom. The molecule has 0 atom stereocenters. The molecule has 1 amide bonds. The molecule has 0 aliphatic carbocycles. The van der Waals surface area contributed by atoms with Crippen LogP contribution in [0.5, 0.6) is 5.75 Å². The third kappa shape index (κ3) is 4.55. The van der Waals surface area contributed by atoms with Crippen LogP contribution in [0.3, 0.4) is 0 Å². The second-order valence-electron chi connectivity index (χ2n) is 7.42. The van der Waals surface area contributed by atoms with E-state index in [0.717, 1.165) is 29.3 Å². The average molecular weight is 440 g/mol. The molecule has 1 aliphatic heterocycles. The number of ether oxygens (including phenoxy) is 1. The van der Waals surface area contributed by atoms with Crippen molar-refractivity contribution in [3.8, 4) is 5.75 Å². The quantitative estimate of drug-likeness (QED) is 0.608. The number of hydrogen-bond acceptors (Lipinski definition) is 5. The van der Waals surface area contributed by atoms with Crippen LogP contribution < -0.4 is 10.1 Å². The predicted molar refractivity (Wildman–Crippen MR) is 120 cm³/mol. The molecule has 1 saturated heterocycles. The van der Waals surface area contributed by atoms with Crippen LogP contribution in [0.25, 0.3) is 10.9 Å². The zero-order valence-electron chi connectivity index (χ0n) is 17.4. The number of aromatic nitrogens is 1. The lowest BCUT2D eigenvalue weighted by molar-refractivity contribution is -0.115. The van der Waals surface area contributed by atoms with E-state index in [4.69, 9.17) is 4.74 Å². The first-order chi connectivity index (χ1) is 15.0. The molecular weight excluding hydrogens is 414 g/mol. The van der Waals surface area contributed by atoms with E-state index in [1.54, 1.807) is 25.3 Å². The van der Waals surface area contributed by atoms with Gasteiger partial charge in [0.05, 0.1) is 18.5 Å². The van der Waals surface area contributed by atoms with Gasteiger partial charge in [-0.2, -0.15) is 4.31 Å². The van der Waals surface area contributed by atoms with Crippen molar-refractivity contribution >= 4 is 32.5 Å². The second kappa shape index (κ2) is 9.03. The zero-order chi connectivity index (χ0) is 21.8. The predicted octanol–water partition coefficient (Wildman–Crippen LogP) is 3.60. The number of carbonyl (C=O) groups excluding carboxylic acids is 1. The summed E-state index contributed by atoms with van der Waals surface area (Å²) in [7, 11) is -3.69. The van der Waals surface area contributed by atoms with Crippen LogP contribution in [0.15, 0.2) is 59.6 Å². The SMILES string of the molecule is CCOc1ccc(NC(=O)Cc2cccc3cccnc23)cc1S(=O)(=O)N1CCCC1. The highest BCUT2D eigenvalue weighted by atomic mass is 32.2. The van der Waals surface area contributed by atoms with Crippen molar-refractivity contribution in [3.63, 3.8) is 0 Å². The Hall–Kier alpha value is -2.97. The summed E-state index contributed by atoms with van der Waals surface area (Å²) >= 11 is 0. The summed E-state index contributed by atoms with van der Waals surface area (Å²) in [6.45, 7) is 3.15. The van der Waals surface area contributed by atoms with Gasteiger partial charge >= 0.3 is 0 Å². The number of hydrogen-bond donors (Lipinski definition) is 1. The van der Waals surface area contributed by atoms with E-state index in [0.29, 0.717) is 31.1 Å². The summed E-state index contributed by atoms with van der Waals surface area (Å²) in [5.74, 6) is 0.0532. The number of para-hydroxylation sites is 1. The van der Waals surface area contributed by atoms with E-state index >= 15 is 0 Å². The molecule has 1 aromatic heterocycles. The number of anilines is 1. The first-order valence-electron chi connectivity index (χ1n) is 10.4. The summed E-state index contributed by atoms with van der Waals surface area (Å²) in [5, 5.41) is 3.79. The van der Waals surface area contributed by atoms with Gasteiger partial charge in [0, 0.05) is 30.4 Å². The molecule has 4 rings (SSSR count). The van der Waals surface area contributed by atoms with E-state index in [2.05, 4.69) is 10.3 Å². The Morgan fingerprint density at radius 3 is 2.68 bits per heavy atom. The zero-order valence-corrected chi connectivity index (χ0v) is 18.2. The molecule has 1 N–H and O–H groups in total. The van der Waals surface area contributed by atoms with Crippen molar-refractivity contribution in [1.82, 2.24) is 9.29 Å². The Bertz CT molecular complexity index is 1200. The molecule has 0 spiro atoms. The molecule has 0 saturated carbocycles. The fourth-order valence-electron chi connectivity index (χ4n) is 3.82. The van der Waals surface area contributed by atoms with Crippen LogP contribution in [-0.4, -0.2) is 43.3 Å². The maximum Gasteiger partial charge on any atom is 0.246 e. The van der Waals surface area contributed by atoms with E-state index in [1.807, 2.05) is 30.3 Å². The fraction of sp³-hybridized carbons (Fsp3) is 0.304. The molecule has 3 aromatic rings. The summed E-state index contributed by atoms with van der Waals surface area (Å²) in [5.41, 5.74) is 2.01. The number of nitrogens with one attached hydrogen (secondary N) is 1. The highest BCUT2D eigenvalue weighted by Crippen LogP contribution is 2.31. The normalized spacial score (nSPS) is 14.6. The Balaban J connectivity index is 1.59. The minimum atomic E-state index is -3.69. The molecule has 0 unspecified atom stereocenters. The first kappa shape index (κ1) is 21.3. The molecule has 0 radical (unpaired) electrons. The van der Waals surface area contributed by atoms with Crippen LogP contribution in [0, 0.1) is 0 Å². The minimum Gasteiger partial charge on any atom is -0.492 e. The lowest BCUT2D eigenvalue weighted by Gasteiger charge is -2.19. The number of fused-ring (bicyclic) bond motifs is 1. The van der Waals surface area contributed by atoms with Crippen LogP contribution in [-0.2, 0) is 21.2 Å². The number of rotatable bonds is 7. The van der Waals surface area contributed by atoms with Crippen LogP contribution in [0.1, 0.15) is 25.3 Å². The van der Waals surface area contributed by atoms with Gasteiger partial charge in [0.1, 0.15) is 10.6 Å². The highest BCUT2D eigenvalue weighted by molar-refractivity contribution is 7.89. The Kier molecular flexibility index (Phi) is 6.20. The molecule has 2 aromatic carbocycles. The average Bonchev–Trinajstić information content (AvgIpc) is 3.31. The molecule has 7 nitrogen and oxygen atoms in total. The molecule has 162 valence electrons. The van der Waals surface area contributed by atoms with E-state index in [-0.39, 0.29) is 17.2 Å². The molecule has 31 heavy (non-hydrogen) atoms. The smallest absolute Gasteiger partial charge is 0.246 e. The molecule has 1 fully saturated rings. The molecule has 0 bridgehead atoms. The summed E-state index contributed by atoms with van der Waals surface area (Å²) in [4.78, 5) is 17.2. The van der Waals surface area contributed by atoms with E-state index < -0.39 is 10.0 Å². The lowest BCUT2D eigenvalue weighted by atomic mass is 10.1. The van der Waals surface area contributed by atoms with Crippen LogP contribution in [0.4, 0.5) is 5.69 Å². The van der Waals surface area contributed by atoms with E-state index in [9.17, 15) is 13.2 Å². The number of benzene rings is 2. The monoisotopic (exact) mass is 439 g/mol. The van der Waals surface area contributed by atoms with Crippen molar-refractivity contribution in [2.24, 2.45) is 0 Å². The van der Waals surface area contributed by atoms with Gasteiger partial charge < -0.3 is 10.1 Å². The first-order valence-corrected chi connectivity index (χ1v) is 11.8. The van der Waals surface area contributed by atoms with Crippen molar-refractivity contribution in [3.05, 3.63) is 60.3 Å². The highest BCUT2D eigenvalue weighted by Gasteiger charge is 2.30. The maximum absolute atomic E-state index is 13.1. The molecular formula is C23H25N3O4S. The van der Waals surface area contributed by atoms with Gasteiger partial charge in [0.2, 0.25) is 15.9 Å². The number of pyridine rings is 1. The van der Waals surface area contributed by atoms with Gasteiger partial charge in [-0.1, -0.05) is 24.3 Å². The topological polar surface area (TPSA) is 88.6 Å². The second-order valence-corrected chi connectivity index (χ2v) is 9.33. The number of carbonyl (C=O) groups is 1. The summed E-state index contributed by atoms with van der Waals surface area (Å²) in [6.07, 6.45) is 3.53. The van der Waals surface area contributed by atoms with Gasteiger partial charge in [0.15, 0.2) is 0 Å². The van der Waals surface area contributed by atoms with Crippen molar-refractivity contribution < 1.29 is 17.9 Å². The number of amides is 1. The summed E-state index contributed by atoms with van der Waals surface area (Å²) < 4.78 is 33.3. The lowest BCUT2D eigenvalue weighted by Crippen LogP contribution is -2.28. The van der Waals surface area contributed by atoms with Gasteiger partial charge in [-0.05, 0) is 49.6 Å². The number of nitrogens with zero attached hydrogens (tertiary/aromatic N) is 2. The number of sulfonamides is 1. The van der Waals surface area contributed by atoms with E-state index in [1.165, 1.54) is 10.4 Å². The van der Waals surface area contributed by atoms with Crippen molar-refractivity contribution in [2.75, 3.05) is 25.0 Å². The van der Waals surface area contributed by atoms with Crippen molar-refractivity contribution in [1.29, 1.82) is 0 Å². The van der Waals surface area contributed by atoms with Crippen molar-refractivity contribution in [2.45, 2.75) is 31.1 Å².